The van der Waals surface area contributed by atoms with Crippen LogP contribution >= 0.6 is 0 Å². The maximum atomic E-state index is 9.34. The van der Waals surface area contributed by atoms with E-state index in [2.05, 4.69) is 46.8 Å². The summed E-state index contributed by atoms with van der Waals surface area (Å²) in [6, 6.07) is 10.2. The number of para-hydroxylation sites is 1. The molecule has 2 aromatic rings. The van der Waals surface area contributed by atoms with Gasteiger partial charge in [0.15, 0.2) is 5.82 Å². The van der Waals surface area contributed by atoms with E-state index in [1.807, 2.05) is 24.3 Å². The van der Waals surface area contributed by atoms with E-state index in [0.29, 0.717) is 5.89 Å². The van der Waals surface area contributed by atoms with Crippen LogP contribution in [0.2, 0.25) is 0 Å². The van der Waals surface area contributed by atoms with Gasteiger partial charge in [-0.2, -0.15) is 10.2 Å². The van der Waals surface area contributed by atoms with Crippen LogP contribution in [-0.2, 0) is 0 Å². The third kappa shape index (κ3) is 3.83. The van der Waals surface area contributed by atoms with Crippen LogP contribution in [0.5, 0.6) is 0 Å². The Morgan fingerprint density at radius 1 is 1.12 bits per heavy atom. The molecule has 3 rings (SSSR count). The molecule has 1 fully saturated rings. The molecule has 1 aromatic carbocycles. The van der Waals surface area contributed by atoms with Crippen LogP contribution in [0.25, 0.3) is 0 Å². The Morgan fingerprint density at radius 2 is 1.92 bits per heavy atom. The lowest BCUT2D eigenvalue weighted by atomic mass is 10.1. The molecule has 1 atom stereocenters. The fourth-order valence-corrected chi connectivity index (χ4v) is 3.22. The minimum absolute atomic E-state index is 0.103. The second-order valence-corrected chi connectivity index (χ2v) is 6.83. The van der Waals surface area contributed by atoms with Gasteiger partial charge in [0.2, 0.25) is 5.89 Å². The average molecular weight is 339 g/mol. The number of benzene rings is 1. The summed E-state index contributed by atoms with van der Waals surface area (Å²) >= 11 is 0. The van der Waals surface area contributed by atoms with Gasteiger partial charge >= 0.3 is 0 Å². The molecule has 2 heterocycles. The molecular weight excluding hydrogens is 314 g/mol. The van der Waals surface area contributed by atoms with Gasteiger partial charge in [-0.1, -0.05) is 31.1 Å². The average Bonchev–Trinajstić information content (AvgIpc) is 3.00. The molecule has 6 nitrogen and oxygen atoms in total. The Morgan fingerprint density at radius 3 is 2.64 bits per heavy atom. The highest BCUT2D eigenvalue weighted by atomic mass is 16.5. The molecule has 1 aliphatic heterocycles. The van der Waals surface area contributed by atoms with Crippen molar-refractivity contribution in [3.63, 3.8) is 0 Å². The van der Waals surface area contributed by atoms with Crippen molar-refractivity contribution in [2.75, 3.05) is 31.1 Å². The molecule has 0 aliphatic carbocycles. The molecule has 132 valence electrons. The van der Waals surface area contributed by atoms with Crippen LogP contribution in [0.4, 0.5) is 5.69 Å². The van der Waals surface area contributed by atoms with E-state index in [9.17, 15) is 5.26 Å². The highest BCUT2D eigenvalue weighted by molar-refractivity contribution is 5.59. The molecule has 0 amide bonds. The molecule has 0 N–H and O–H groups in total. The molecule has 1 aliphatic rings. The summed E-state index contributed by atoms with van der Waals surface area (Å²) in [6.45, 7) is 9.96. The summed E-state index contributed by atoms with van der Waals surface area (Å²) < 4.78 is 5.47. The normalized spacial score (nSPS) is 17.3. The monoisotopic (exact) mass is 339 g/mol. The lowest BCUT2D eigenvalue weighted by Crippen LogP contribution is -2.33. The summed E-state index contributed by atoms with van der Waals surface area (Å²) in [4.78, 5) is 9.23. The smallest absolute Gasteiger partial charge is 0.243 e. The van der Waals surface area contributed by atoms with Gasteiger partial charge in [-0.15, -0.1) is 0 Å². The van der Waals surface area contributed by atoms with Crippen molar-refractivity contribution < 1.29 is 4.52 Å². The predicted molar refractivity (Wildman–Crippen MR) is 96.4 cm³/mol. The van der Waals surface area contributed by atoms with Gasteiger partial charge in [0.25, 0.3) is 0 Å². The number of nitriles is 1. The SMILES string of the molecule is CC(C)c1noc(C(C)N2CCCN(c3ccccc3C#N)CC2)n1. The molecule has 1 saturated heterocycles. The van der Waals surface area contributed by atoms with Crippen LogP contribution in [0.1, 0.15) is 56.4 Å². The van der Waals surface area contributed by atoms with Gasteiger partial charge in [-0.05, 0) is 25.5 Å². The first-order valence-electron chi connectivity index (χ1n) is 8.91. The minimum atomic E-state index is 0.103. The van der Waals surface area contributed by atoms with E-state index in [1.165, 1.54) is 0 Å². The van der Waals surface area contributed by atoms with Gasteiger partial charge in [0.1, 0.15) is 6.07 Å². The van der Waals surface area contributed by atoms with E-state index in [1.54, 1.807) is 0 Å². The van der Waals surface area contributed by atoms with Gasteiger partial charge in [-0.3, -0.25) is 4.90 Å². The van der Waals surface area contributed by atoms with E-state index in [0.717, 1.165) is 49.7 Å². The van der Waals surface area contributed by atoms with E-state index >= 15 is 0 Å². The second kappa shape index (κ2) is 7.66. The van der Waals surface area contributed by atoms with Crippen molar-refractivity contribution in [2.45, 2.75) is 39.2 Å². The Labute approximate surface area is 149 Å². The van der Waals surface area contributed by atoms with Crippen LogP contribution in [0, 0.1) is 11.3 Å². The second-order valence-electron chi connectivity index (χ2n) is 6.83. The van der Waals surface area contributed by atoms with Gasteiger partial charge < -0.3 is 9.42 Å². The Balaban J connectivity index is 1.69. The summed E-state index contributed by atoms with van der Waals surface area (Å²) in [5.41, 5.74) is 1.77. The van der Waals surface area contributed by atoms with Crippen molar-refractivity contribution in [3.8, 4) is 6.07 Å². The van der Waals surface area contributed by atoms with Crippen molar-refractivity contribution in [3.05, 3.63) is 41.5 Å². The van der Waals surface area contributed by atoms with Crippen molar-refractivity contribution in [2.24, 2.45) is 0 Å². The molecule has 1 unspecified atom stereocenters. The van der Waals surface area contributed by atoms with Crippen molar-refractivity contribution >= 4 is 5.69 Å². The Kier molecular flexibility index (Phi) is 5.34. The highest BCUT2D eigenvalue weighted by Crippen LogP contribution is 2.25. The number of rotatable bonds is 4. The third-order valence-electron chi connectivity index (χ3n) is 4.77. The van der Waals surface area contributed by atoms with Crippen molar-refractivity contribution in [1.82, 2.24) is 15.0 Å². The van der Waals surface area contributed by atoms with Crippen LogP contribution in [0.15, 0.2) is 28.8 Å². The summed E-state index contributed by atoms with van der Waals surface area (Å²) in [5, 5.41) is 13.4. The number of anilines is 1. The maximum absolute atomic E-state index is 9.34. The number of aromatic nitrogens is 2. The quantitative estimate of drug-likeness (QED) is 0.851. The lowest BCUT2D eigenvalue weighted by Gasteiger charge is -2.26. The Bertz CT molecular complexity index is 748. The summed E-state index contributed by atoms with van der Waals surface area (Å²) in [7, 11) is 0. The van der Waals surface area contributed by atoms with Crippen LogP contribution in [-0.4, -0.2) is 41.2 Å². The minimum Gasteiger partial charge on any atom is -0.369 e. The van der Waals surface area contributed by atoms with Gasteiger partial charge in [-0.25, -0.2) is 0 Å². The third-order valence-corrected chi connectivity index (χ3v) is 4.77. The zero-order chi connectivity index (χ0) is 17.8. The molecule has 0 saturated carbocycles. The van der Waals surface area contributed by atoms with Crippen LogP contribution in [0.3, 0.4) is 0 Å². The summed E-state index contributed by atoms with van der Waals surface area (Å²) in [6.07, 6.45) is 1.04. The molecule has 0 bridgehead atoms. The molecule has 0 radical (unpaired) electrons. The highest BCUT2D eigenvalue weighted by Gasteiger charge is 2.25. The molecular formula is C19H25N5O. The first kappa shape index (κ1) is 17.4. The standard InChI is InChI=1S/C19H25N5O/c1-14(2)18-21-19(25-22-18)15(3)23-9-6-10-24(12-11-23)17-8-5-4-7-16(17)13-20/h4-5,7-8,14-15H,6,9-12H2,1-3H3. The van der Waals surface area contributed by atoms with E-state index < -0.39 is 0 Å². The summed E-state index contributed by atoms with van der Waals surface area (Å²) in [5.74, 6) is 1.72. The number of hydrogen-bond acceptors (Lipinski definition) is 6. The first-order valence-corrected chi connectivity index (χ1v) is 8.91. The Hall–Kier alpha value is -2.39. The van der Waals surface area contributed by atoms with E-state index in [-0.39, 0.29) is 12.0 Å². The number of nitrogens with zero attached hydrogens (tertiary/aromatic N) is 5. The maximum Gasteiger partial charge on any atom is 0.243 e. The molecule has 25 heavy (non-hydrogen) atoms. The zero-order valence-electron chi connectivity index (χ0n) is 15.1. The predicted octanol–water partition coefficient (Wildman–Crippen LogP) is 3.34. The van der Waals surface area contributed by atoms with Crippen molar-refractivity contribution in [1.29, 1.82) is 5.26 Å². The zero-order valence-corrected chi connectivity index (χ0v) is 15.1. The first-order chi connectivity index (χ1) is 12.1. The fraction of sp³-hybridized carbons (Fsp3) is 0.526. The van der Waals surface area contributed by atoms with E-state index in [4.69, 9.17) is 4.52 Å². The largest absolute Gasteiger partial charge is 0.369 e. The number of hydrogen-bond donors (Lipinski definition) is 0. The fourth-order valence-electron chi connectivity index (χ4n) is 3.22. The molecule has 1 aromatic heterocycles. The molecule has 6 heteroatoms. The molecule has 0 spiro atoms. The lowest BCUT2D eigenvalue weighted by molar-refractivity contribution is 0.184. The van der Waals surface area contributed by atoms with Gasteiger partial charge in [0.05, 0.1) is 17.3 Å². The van der Waals surface area contributed by atoms with Gasteiger partial charge in [0, 0.05) is 32.1 Å². The van der Waals surface area contributed by atoms with Crippen LogP contribution < -0.4 is 4.90 Å². The topological polar surface area (TPSA) is 69.2 Å².